The van der Waals surface area contributed by atoms with E-state index >= 15 is 0 Å². The molecule has 1 N–H and O–H groups in total. The van der Waals surface area contributed by atoms with Crippen molar-refractivity contribution < 1.29 is 18.4 Å². The predicted octanol–water partition coefficient (Wildman–Crippen LogP) is 3.76. The van der Waals surface area contributed by atoms with Crippen molar-refractivity contribution in [2.45, 2.75) is 39.0 Å². The van der Waals surface area contributed by atoms with Gasteiger partial charge in [-0.2, -0.15) is 0 Å². The van der Waals surface area contributed by atoms with E-state index in [9.17, 15) is 18.4 Å². The average molecular weight is 422 g/mol. The first-order valence-corrected chi connectivity index (χ1v) is 10.7. The van der Waals surface area contributed by atoms with Crippen molar-refractivity contribution >= 4 is 23.2 Å². The number of piperidine rings is 1. The number of thiazole rings is 1. The van der Waals surface area contributed by atoms with Crippen LogP contribution in [0.3, 0.4) is 0 Å². The molecule has 0 saturated carbocycles. The summed E-state index contributed by atoms with van der Waals surface area (Å²) in [5.74, 6) is -1.94. The van der Waals surface area contributed by atoms with Crippen molar-refractivity contribution in [1.29, 1.82) is 0 Å². The van der Waals surface area contributed by atoms with Gasteiger partial charge in [-0.15, -0.1) is 11.3 Å². The number of likely N-dealkylation sites (tertiary alicyclic amines) is 1. The molecule has 1 aliphatic rings. The Morgan fingerprint density at radius 2 is 1.97 bits per heavy atom. The topological polar surface area (TPSA) is 62.3 Å². The molecule has 1 aromatic heterocycles. The minimum Gasteiger partial charge on any atom is -0.355 e. The van der Waals surface area contributed by atoms with Gasteiger partial charge in [-0.1, -0.05) is 13.8 Å². The van der Waals surface area contributed by atoms with E-state index in [1.165, 1.54) is 6.07 Å². The van der Waals surface area contributed by atoms with E-state index < -0.39 is 11.6 Å². The summed E-state index contributed by atoms with van der Waals surface area (Å²) >= 11 is 1.61. The molecule has 2 aromatic rings. The van der Waals surface area contributed by atoms with Crippen LogP contribution in [0.4, 0.5) is 8.78 Å². The highest BCUT2D eigenvalue weighted by atomic mass is 32.1. The van der Waals surface area contributed by atoms with Crippen molar-refractivity contribution in [3.05, 3.63) is 51.5 Å². The second-order valence-corrected chi connectivity index (χ2v) is 8.46. The molecule has 2 heterocycles. The van der Waals surface area contributed by atoms with Crippen LogP contribution in [0.25, 0.3) is 0 Å². The van der Waals surface area contributed by atoms with Crippen molar-refractivity contribution in [3.63, 3.8) is 0 Å². The summed E-state index contributed by atoms with van der Waals surface area (Å²) in [4.78, 5) is 30.5. The normalized spacial score (nSPS) is 15.0. The molecule has 29 heavy (non-hydrogen) atoms. The lowest BCUT2D eigenvalue weighted by atomic mass is 9.97. The van der Waals surface area contributed by atoms with Gasteiger partial charge in [0.2, 0.25) is 5.91 Å². The van der Waals surface area contributed by atoms with E-state index in [0.29, 0.717) is 26.1 Å². The van der Waals surface area contributed by atoms with Gasteiger partial charge >= 0.3 is 0 Å². The molecule has 0 bridgehead atoms. The molecule has 0 atom stereocenters. The van der Waals surface area contributed by atoms with E-state index in [2.05, 4.69) is 5.32 Å². The first-order chi connectivity index (χ1) is 13.8. The van der Waals surface area contributed by atoms with E-state index in [1.807, 2.05) is 19.2 Å². The summed E-state index contributed by atoms with van der Waals surface area (Å²) in [7, 11) is 0. The highest BCUT2D eigenvalue weighted by molar-refractivity contribution is 7.09. The number of hydrogen-bond donors (Lipinski definition) is 1. The Morgan fingerprint density at radius 3 is 2.62 bits per heavy atom. The molecule has 1 aromatic carbocycles. The third-order valence-corrected chi connectivity index (χ3v) is 6.13. The summed E-state index contributed by atoms with van der Waals surface area (Å²) in [6.07, 6.45) is 2.27. The summed E-state index contributed by atoms with van der Waals surface area (Å²) in [6.45, 7) is 5.41. The van der Waals surface area contributed by atoms with Crippen molar-refractivity contribution in [2.24, 2.45) is 5.92 Å². The van der Waals surface area contributed by atoms with Crippen LogP contribution in [-0.2, 0) is 11.2 Å². The number of amides is 2. The molecular formula is C21H25F2N3O2S. The van der Waals surface area contributed by atoms with E-state index in [4.69, 9.17) is 4.98 Å². The molecule has 3 rings (SSSR count). The molecular weight excluding hydrogens is 396 g/mol. The number of carbonyl (C=O) groups excluding carboxylic acids is 2. The van der Waals surface area contributed by atoms with Crippen LogP contribution >= 0.6 is 11.3 Å². The maximum absolute atomic E-state index is 13.4. The lowest BCUT2D eigenvalue weighted by Crippen LogP contribution is -2.38. The third-order valence-electron chi connectivity index (χ3n) is 5.07. The molecule has 0 radical (unpaired) electrons. The molecule has 0 aliphatic carbocycles. The molecule has 156 valence electrons. The number of benzene rings is 1. The lowest BCUT2D eigenvalue weighted by molar-refractivity contribution is -0.123. The second kappa shape index (κ2) is 9.43. The predicted molar refractivity (Wildman–Crippen MR) is 108 cm³/mol. The van der Waals surface area contributed by atoms with Gasteiger partial charge < -0.3 is 10.2 Å². The van der Waals surface area contributed by atoms with E-state index in [-0.39, 0.29) is 29.2 Å². The molecule has 1 aliphatic heterocycles. The first kappa shape index (κ1) is 21.4. The minimum absolute atomic E-state index is 0.0275. The summed E-state index contributed by atoms with van der Waals surface area (Å²) in [5.41, 5.74) is 1.14. The van der Waals surface area contributed by atoms with Crippen LogP contribution < -0.4 is 5.32 Å². The first-order valence-electron chi connectivity index (χ1n) is 9.81. The Kier molecular flexibility index (Phi) is 6.95. The number of carbonyl (C=O) groups is 2. The highest BCUT2D eigenvalue weighted by Gasteiger charge is 2.26. The van der Waals surface area contributed by atoms with Gasteiger partial charge in [0.1, 0.15) is 0 Å². The van der Waals surface area contributed by atoms with E-state index in [1.54, 1.807) is 16.2 Å². The second-order valence-electron chi connectivity index (χ2n) is 7.57. The molecule has 0 spiro atoms. The number of nitrogens with one attached hydrogen (secondary N) is 1. The van der Waals surface area contributed by atoms with Crippen LogP contribution in [0.1, 0.15) is 53.7 Å². The summed E-state index contributed by atoms with van der Waals surface area (Å²) in [5, 5.41) is 5.97. The average Bonchev–Trinajstić information content (AvgIpc) is 3.18. The van der Waals surface area contributed by atoms with Crippen molar-refractivity contribution in [3.8, 4) is 0 Å². The van der Waals surface area contributed by atoms with Crippen LogP contribution in [0.15, 0.2) is 23.6 Å². The van der Waals surface area contributed by atoms with Crippen molar-refractivity contribution in [1.82, 2.24) is 15.2 Å². The van der Waals surface area contributed by atoms with Gasteiger partial charge in [0.05, 0.1) is 10.7 Å². The Morgan fingerprint density at radius 1 is 1.24 bits per heavy atom. The van der Waals surface area contributed by atoms with Gasteiger partial charge in [0.15, 0.2) is 11.6 Å². The fourth-order valence-electron chi connectivity index (χ4n) is 3.28. The van der Waals surface area contributed by atoms with Crippen LogP contribution in [0, 0.1) is 17.6 Å². The lowest BCUT2D eigenvalue weighted by Gasteiger charge is -2.31. The zero-order chi connectivity index (χ0) is 21.0. The zero-order valence-corrected chi connectivity index (χ0v) is 17.4. The summed E-state index contributed by atoms with van der Waals surface area (Å²) < 4.78 is 26.5. The van der Waals surface area contributed by atoms with Crippen molar-refractivity contribution in [2.75, 3.05) is 19.6 Å². The maximum Gasteiger partial charge on any atom is 0.253 e. The number of aromatic nitrogens is 1. The Hall–Kier alpha value is -2.35. The Labute approximate surface area is 173 Å². The number of nitrogens with zero attached hydrogens (tertiary/aromatic N) is 2. The minimum atomic E-state index is -1.01. The molecule has 1 saturated heterocycles. The molecule has 1 fully saturated rings. The van der Waals surface area contributed by atoms with Crippen LogP contribution in [0.5, 0.6) is 0 Å². The Balaban J connectivity index is 1.50. The molecule has 8 heteroatoms. The molecule has 5 nitrogen and oxygen atoms in total. The smallest absolute Gasteiger partial charge is 0.253 e. The van der Waals surface area contributed by atoms with Gasteiger partial charge in [-0.3, -0.25) is 9.59 Å². The quantitative estimate of drug-likeness (QED) is 0.773. The van der Waals surface area contributed by atoms with Crippen LogP contribution in [-0.4, -0.2) is 41.3 Å². The largest absolute Gasteiger partial charge is 0.355 e. The fourth-order valence-corrected chi connectivity index (χ4v) is 4.31. The highest BCUT2D eigenvalue weighted by Crippen LogP contribution is 2.31. The number of rotatable bonds is 6. The molecule has 2 amide bonds. The van der Waals surface area contributed by atoms with Gasteiger partial charge in [0.25, 0.3) is 5.91 Å². The van der Waals surface area contributed by atoms with Gasteiger partial charge in [0, 0.05) is 48.8 Å². The van der Waals surface area contributed by atoms with Gasteiger partial charge in [-0.05, 0) is 31.0 Å². The number of halogens is 2. The zero-order valence-electron chi connectivity index (χ0n) is 16.6. The number of hydrogen-bond acceptors (Lipinski definition) is 4. The SMILES string of the molecule is CC(C)C(=O)NCCc1csc(C2CCN(C(=O)c3ccc(F)c(F)c3)CC2)n1. The van der Waals surface area contributed by atoms with E-state index in [0.717, 1.165) is 35.7 Å². The third kappa shape index (κ3) is 5.38. The Bertz CT molecular complexity index is 877. The van der Waals surface area contributed by atoms with Gasteiger partial charge in [-0.25, -0.2) is 13.8 Å². The standard InChI is InChI=1S/C21H25F2N3O2S/c1-13(2)19(27)24-8-5-16-12-29-20(25-16)14-6-9-26(10-7-14)21(28)15-3-4-17(22)18(23)11-15/h3-4,11-14H,5-10H2,1-2H3,(H,24,27). The monoisotopic (exact) mass is 421 g/mol. The maximum atomic E-state index is 13.4. The summed E-state index contributed by atoms with van der Waals surface area (Å²) in [6, 6.07) is 3.25. The fraction of sp³-hybridized carbons (Fsp3) is 0.476. The molecule has 0 unspecified atom stereocenters. The van der Waals surface area contributed by atoms with Crippen LogP contribution in [0.2, 0.25) is 0 Å².